The fourth-order valence-corrected chi connectivity index (χ4v) is 8.93. The van der Waals surface area contributed by atoms with E-state index in [0.29, 0.717) is 29.8 Å². The summed E-state index contributed by atoms with van der Waals surface area (Å²) >= 11 is 3.10. The van der Waals surface area contributed by atoms with E-state index in [9.17, 15) is 12.8 Å². The summed E-state index contributed by atoms with van der Waals surface area (Å²) in [5.41, 5.74) is 6.58. The van der Waals surface area contributed by atoms with Crippen LogP contribution in [0.2, 0.25) is 0 Å². The molecule has 0 atom stereocenters. The van der Waals surface area contributed by atoms with Crippen molar-refractivity contribution in [3.63, 3.8) is 0 Å². The van der Waals surface area contributed by atoms with E-state index in [0.717, 1.165) is 51.6 Å². The van der Waals surface area contributed by atoms with Gasteiger partial charge in [0.2, 0.25) is 0 Å². The zero-order chi connectivity index (χ0) is 28.0. The number of hydrogen-bond donors (Lipinski definition) is 1. The van der Waals surface area contributed by atoms with Crippen LogP contribution >= 0.6 is 22.7 Å². The molecule has 3 aromatic heterocycles. The molecule has 7 nitrogen and oxygen atoms in total. The lowest BCUT2D eigenvalue weighted by atomic mass is 9.96. The monoisotopic (exact) mass is 606 g/mol. The molecule has 5 heterocycles. The molecule has 1 N–H and O–H groups in total. The summed E-state index contributed by atoms with van der Waals surface area (Å²) in [5, 5.41) is 18.6. The molecule has 0 bridgehead atoms. The van der Waals surface area contributed by atoms with Crippen molar-refractivity contribution in [2.24, 2.45) is 0 Å². The van der Waals surface area contributed by atoms with Gasteiger partial charge in [0.05, 0.1) is 26.9 Å². The number of sulfone groups is 1. The summed E-state index contributed by atoms with van der Waals surface area (Å²) in [6.07, 6.45) is 2.18. The third-order valence-corrected chi connectivity index (χ3v) is 11.5. The molecule has 11 heteroatoms. The molecule has 0 unspecified atom stereocenters. The summed E-state index contributed by atoms with van der Waals surface area (Å²) < 4.78 is 45.1. The highest BCUT2D eigenvalue weighted by atomic mass is 32.2. The Morgan fingerprint density at radius 2 is 1.85 bits per heavy atom. The molecule has 41 heavy (non-hydrogen) atoms. The van der Waals surface area contributed by atoms with E-state index in [1.807, 2.05) is 10.8 Å². The van der Waals surface area contributed by atoms with Crippen LogP contribution < -0.4 is 10.1 Å². The van der Waals surface area contributed by atoms with Crippen LogP contribution in [0.1, 0.15) is 40.6 Å². The van der Waals surface area contributed by atoms with Gasteiger partial charge < -0.3 is 10.1 Å². The summed E-state index contributed by atoms with van der Waals surface area (Å²) in [5.74, 6) is 0.533. The minimum Gasteiger partial charge on any atom is -0.486 e. The quantitative estimate of drug-likeness (QED) is 0.248. The normalized spacial score (nSPS) is 17.0. The van der Waals surface area contributed by atoms with Crippen LogP contribution in [0.5, 0.6) is 5.75 Å². The number of nitrogens with zero attached hydrogens (tertiary/aromatic N) is 3. The van der Waals surface area contributed by atoms with E-state index < -0.39 is 15.7 Å². The smallest absolute Gasteiger partial charge is 0.150 e. The number of nitrogens with one attached hydrogen (secondary N) is 1. The second-order valence-electron chi connectivity index (χ2n) is 10.5. The van der Waals surface area contributed by atoms with Gasteiger partial charge >= 0.3 is 0 Å². The van der Waals surface area contributed by atoms with E-state index in [1.54, 1.807) is 17.4 Å². The van der Waals surface area contributed by atoms with E-state index in [1.165, 1.54) is 34.6 Å². The molecule has 210 valence electrons. The van der Waals surface area contributed by atoms with Gasteiger partial charge in [-0.25, -0.2) is 17.8 Å². The maximum atomic E-state index is 14.4. The van der Waals surface area contributed by atoms with E-state index >= 15 is 0 Å². The number of hydrogen-bond acceptors (Lipinski definition) is 9. The molecule has 1 saturated heterocycles. The van der Waals surface area contributed by atoms with Crippen LogP contribution in [0.3, 0.4) is 0 Å². The van der Waals surface area contributed by atoms with Crippen molar-refractivity contribution >= 4 is 42.6 Å². The van der Waals surface area contributed by atoms with Crippen LogP contribution in [0.4, 0.5) is 4.39 Å². The van der Waals surface area contributed by atoms with Crippen LogP contribution in [0.15, 0.2) is 53.2 Å². The zero-order valence-corrected chi connectivity index (χ0v) is 24.5. The molecule has 2 aliphatic heterocycles. The highest BCUT2D eigenvalue weighted by Gasteiger charge is 2.27. The Hall–Kier alpha value is -3.25. The van der Waals surface area contributed by atoms with Gasteiger partial charge in [0.15, 0.2) is 0 Å². The molecule has 5 aromatic rings. The maximum Gasteiger partial charge on any atom is 0.150 e. The second-order valence-corrected chi connectivity index (χ2v) is 14.6. The van der Waals surface area contributed by atoms with Gasteiger partial charge in [0.1, 0.15) is 39.4 Å². The third kappa shape index (κ3) is 5.39. The molecule has 0 saturated carbocycles. The number of thiazole rings is 1. The number of aromatic nitrogens is 3. The Kier molecular flexibility index (Phi) is 7.06. The Bertz CT molecular complexity index is 1850. The van der Waals surface area contributed by atoms with E-state index in [-0.39, 0.29) is 24.0 Å². The average molecular weight is 607 g/mol. The molecule has 0 radical (unpaired) electrons. The van der Waals surface area contributed by atoms with Crippen molar-refractivity contribution in [2.75, 3.05) is 18.1 Å². The van der Waals surface area contributed by atoms with Crippen molar-refractivity contribution in [3.8, 4) is 28.3 Å². The predicted octanol–water partition coefficient (Wildman–Crippen LogP) is 6.14. The summed E-state index contributed by atoms with van der Waals surface area (Å²) in [6.45, 7) is 2.02. The molecular formula is C30H27FN4O3S3. The number of halogens is 1. The van der Waals surface area contributed by atoms with E-state index in [2.05, 4.69) is 39.8 Å². The number of fused-ring (bicyclic) bond motifs is 2. The van der Waals surface area contributed by atoms with Gasteiger partial charge in [-0.1, -0.05) is 12.1 Å². The predicted molar refractivity (Wildman–Crippen MR) is 161 cm³/mol. The topological polar surface area (TPSA) is 94.1 Å². The summed E-state index contributed by atoms with van der Waals surface area (Å²) in [7, 11) is -2.93. The fourth-order valence-electron chi connectivity index (χ4n) is 5.57. The zero-order valence-electron chi connectivity index (χ0n) is 22.1. The second kappa shape index (κ2) is 10.9. The lowest BCUT2D eigenvalue weighted by Crippen LogP contribution is -2.23. The minimum absolute atomic E-state index is 0.148. The lowest BCUT2D eigenvalue weighted by molar-refractivity contribution is 0.301. The van der Waals surface area contributed by atoms with Gasteiger partial charge in [-0.15, -0.1) is 32.9 Å². The fraction of sp³-hybridized carbons (Fsp3) is 0.300. The number of benzene rings is 2. The van der Waals surface area contributed by atoms with Gasteiger partial charge in [0, 0.05) is 40.4 Å². The van der Waals surface area contributed by atoms with Gasteiger partial charge in [-0.05, 0) is 66.6 Å². The van der Waals surface area contributed by atoms with Crippen LogP contribution in [-0.2, 0) is 29.4 Å². The van der Waals surface area contributed by atoms with Crippen LogP contribution in [-0.4, -0.2) is 41.6 Å². The molecule has 0 amide bonds. The Morgan fingerprint density at radius 1 is 1.00 bits per heavy atom. The Morgan fingerprint density at radius 3 is 2.73 bits per heavy atom. The Labute approximate surface area is 245 Å². The standard InChI is InChI=1S/C30H27FN4O3S3/c31-22-3-4-24(26(14-22)38-16-23-17-40-30(33-23)18-7-11-41(36,37)12-8-18)28-29-25(6-10-39-29)27(34-35-28)20-1-2-21-15-32-9-5-19(21)13-20/h1-4,6,10,13-14,17-18,32H,5,7-9,11-12,15-16H2. The van der Waals surface area contributed by atoms with Gasteiger partial charge in [0.25, 0.3) is 0 Å². The average Bonchev–Trinajstić information content (AvgIpc) is 3.66. The lowest BCUT2D eigenvalue weighted by Gasteiger charge is -2.19. The van der Waals surface area contributed by atoms with Crippen molar-refractivity contribution in [1.82, 2.24) is 20.5 Å². The van der Waals surface area contributed by atoms with Crippen molar-refractivity contribution in [3.05, 3.63) is 80.9 Å². The molecule has 0 aliphatic carbocycles. The van der Waals surface area contributed by atoms with Gasteiger partial charge in [-0.2, -0.15) is 0 Å². The molecule has 2 aromatic carbocycles. The first-order chi connectivity index (χ1) is 19.9. The summed E-state index contributed by atoms with van der Waals surface area (Å²) in [4.78, 5) is 4.71. The molecule has 7 rings (SSSR count). The minimum atomic E-state index is -2.93. The SMILES string of the molecule is O=S1(=O)CCC(c2nc(COc3cc(F)ccc3-c3nnc(-c4ccc5c(c4)CCNC5)c4ccsc34)cs2)CC1. The maximum absolute atomic E-state index is 14.4. The van der Waals surface area contributed by atoms with Crippen LogP contribution in [0.25, 0.3) is 32.6 Å². The van der Waals surface area contributed by atoms with Crippen molar-refractivity contribution in [2.45, 2.75) is 38.3 Å². The highest BCUT2D eigenvalue weighted by Crippen LogP contribution is 2.40. The van der Waals surface area contributed by atoms with Gasteiger partial charge in [-0.3, -0.25) is 0 Å². The third-order valence-electron chi connectivity index (χ3n) is 7.80. The first-order valence-electron chi connectivity index (χ1n) is 13.6. The Balaban J connectivity index is 1.16. The first kappa shape index (κ1) is 26.6. The highest BCUT2D eigenvalue weighted by molar-refractivity contribution is 7.91. The number of thiophene rings is 1. The first-order valence-corrected chi connectivity index (χ1v) is 17.2. The van der Waals surface area contributed by atoms with E-state index in [4.69, 9.17) is 9.72 Å². The van der Waals surface area contributed by atoms with Crippen molar-refractivity contribution in [1.29, 1.82) is 0 Å². The van der Waals surface area contributed by atoms with Crippen LogP contribution in [0, 0.1) is 5.82 Å². The number of rotatable bonds is 6. The molecule has 2 aliphatic rings. The van der Waals surface area contributed by atoms with Crippen molar-refractivity contribution < 1.29 is 17.5 Å². The molecular weight excluding hydrogens is 580 g/mol. The molecule has 1 fully saturated rings. The molecule has 0 spiro atoms. The largest absolute Gasteiger partial charge is 0.486 e. The number of ether oxygens (including phenoxy) is 1. The summed E-state index contributed by atoms with van der Waals surface area (Å²) in [6, 6.07) is 13.0.